The summed E-state index contributed by atoms with van der Waals surface area (Å²) in [4.78, 5) is 24.3. The number of carbonyl (C=O) groups excluding carboxylic acids is 2. The molecule has 1 atom stereocenters. The predicted octanol–water partition coefficient (Wildman–Crippen LogP) is 1.30. The second-order valence-corrected chi connectivity index (χ2v) is 4.57. The zero-order chi connectivity index (χ0) is 12.0. The van der Waals surface area contributed by atoms with Crippen LogP contribution in [0.1, 0.15) is 46.0 Å². The maximum atomic E-state index is 11.2. The van der Waals surface area contributed by atoms with Crippen molar-refractivity contribution in [3.63, 3.8) is 0 Å². The van der Waals surface area contributed by atoms with Crippen LogP contribution in [-0.4, -0.2) is 35.8 Å². The number of nitrogens with one attached hydrogen (secondary N) is 1. The fourth-order valence-electron chi connectivity index (χ4n) is 2.02. The van der Waals surface area contributed by atoms with Crippen LogP contribution in [0.4, 0.5) is 0 Å². The molecule has 1 rings (SSSR count). The first-order valence-electron chi connectivity index (χ1n) is 6.20. The predicted molar refractivity (Wildman–Crippen MR) is 62.9 cm³/mol. The molecule has 0 bridgehead atoms. The molecular formula is C12H22N2O2. The summed E-state index contributed by atoms with van der Waals surface area (Å²) in [5, 5.41) is 2.32. The Morgan fingerprint density at radius 2 is 1.81 bits per heavy atom. The molecule has 0 aromatic rings. The first kappa shape index (κ1) is 13.2. The van der Waals surface area contributed by atoms with Crippen LogP contribution in [-0.2, 0) is 9.59 Å². The molecule has 1 N–H and O–H groups in total. The molecule has 1 fully saturated rings. The Kier molecular flexibility index (Phi) is 5.46. The molecule has 1 unspecified atom stereocenters. The lowest BCUT2D eigenvalue weighted by Gasteiger charge is -2.30. The van der Waals surface area contributed by atoms with Gasteiger partial charge in [0.15, 0.2) is 0 Å². The fraction of sp³-hybridized carbons (Fsp3) is 0.833. The zero-order valence-electron chi connectivity index (χ0n) is 10.3. The van der Waals surface area contributed by atoms with E-state index in [4.69, 9.17) is 0 Å². The highest BCUT2D eigenvalue weighted by atomic mass is 16.2. The van der Waals surface area contributed by atoms with E-state index in [0.29, 0.717) is 19.1 Å². The summed E-state index contributed by atoms with van der Waals surface area (Å²) >= 11 is 0. The van der Waals surface area contributed by atoms with Crippen molar-refractivity contribution in [1.82, 2.24) is 10.2 Å². The van der Waals surface area contributed by atoms with Crippen molar-refractivity contribution in [2.24, 2.45) is 0 Å². The van der Waals surface area contributed by atoms with E-state index in [-0.39, 0.29) is 11.8 Å². The van der Waals surface area contributed by atoms with Gasteiger partial charge in [0.05, 0.1) is 13.1 Å². The monoisotopic (exact) mass is 226 g/mol. The molecule has 4 nitrogen and oxygen atoms in total. The lowest BCUT2D eigenvalue weighted by atomic mass is 10.1. The number of unbranched alkanes of at least 4 members (excludes halogenated alkanes) is 3. The Balaban J connectivity index is 2.27. The van der Waals surface area contributed by atoms with Gasteiger partial charge in [0.25, 0.3) is 0 Å². The van der Waals surface area contributed by atoms with Gasteiger partial charge in [0, 0.05) is 6.04 Å². The Morgan fingerprint density at radius 3 is 2.38 bits per heavy atom. The number of piperazine rings is 1. The summed E-state index contributed by atoms with van der Waals surface area (Å²) in [6.07, 6.45) is 6.00. The van der Waals surface area contributed by atoms with Crippen molar-refractivity contribution in [3.05, 3.63) is 0 Å². The van der Waals surface area contributed by atoms with E-state index in [9.17, 15) is 9.59 Å². The van der Waals surface area contributed by atoms with Gasteiger partial charge in [-0.1, -0.05) is 32.6 Å². The number of imide groups is 1. The highest BCUT2D eigenvalue weighted by Crippen LogP contribution is 2.11. The maximum Gasteiger partial charge on any atom is 0.240 e. The van der Waals surface area contributed by atoms with Crippen molar-refractivity contribution >= 4 is 11.8 Å². The quantitative estimate of drug-likeness (QED) is 0.548. The molecule has 0 aliphatic carbocycles. The second kappa shape index (κ2) is 6.63. The summed E-state index contributed by atoms with van der Waals surface area (Å²) in [7, 11) is 0. The summed E-state index contributed by atoms with van der Waals surface area (Å²) in [5.41, 5.74) is 0. The van der Waals surface area contributed by atoms with Gasteiger partial charge in [-0.15, -0.1) is 0 Å². The van der Waals surface area contributed by atoms with Crippen molar-refractivity contribution < 1.29 is 9.59 Å². The molecular weight excluding hydrogens is 204 g/mol. The minimum Gasteiger partial charge on any atom is -0.294 e. The van der Waals surface area contributed by atoms with Gasteiger partial charge in [-0.3, -0.25) is 19.8 Å². The molecule has 92 valence electrons. The molecule has 0 aromatic heterocycles. The van der Waals surface area contributed by atoms with Crippen molar-refractivity contribution in [1.29, 1.82) is 0 Å². The topological polar surface area (TPSA) is 49.4 Å². The minimum atomic E-state index is -0.170. The second-order valence-electron chi connectivity index (χ2n) is 4.57. The average molecular weight is 226 g/mol. The fourth-order valence-corrected chi connectivity index (χ4v) is 2.02. The first-order valence-corrected chi connectivity index (χ1v) is 6.20. The van der Waals surface area contributed by atoms with Gasteiger partial charge in [-0.25, -0.2) is 0 Å². The lowest BCUT2D eigenvalue weighted by Crippen LogP contribution is -2.54. The van der Waals surface area contributed by atoms with E-state index in [1.165, 1.54) is 25.7 Å². The number of hydrogen-bond acceptors (Lipinski definition) is 3. The molecule has 1 aliphatic rings. The van der Waals surface area contributed by atoms with E-state index in [0.717, 1.165) is 6.42 Å². The molecule has 4 heteroatoms. The molecule has 0 spiro atoms. The van der Waals surface area contributed by atoms with E-state index < -0.39 is 0 Å². The van der Waals surface area contributed by atoms with E-state index in [1.807, 2.05) is 4.90 Å². The molecule has 1 saturated heterocycles. The van der Waals surface area contributed by atoms with E-state index >= 15 is 0 Å². The third-order valence-electron chi connectivity index (χ3n) is 3.07. The number of carbonyl (C=O) groups is 2. The Hall–Kier alpha value is -0.900. The van der Waals surface area contributed by atoms with Gasteiger partial charge in [0.2, 0.25) is 11.8 Å². The van der Waals surface area contributed by atoms with E-state index in [1.54, 1.807) is 0 Å². The normalized spacial score (nSPS) is 19.6. The largest absolute Gasteiger partial charge is 0.294 e. The van der Waals surface area contributed by atoms with Crippen LogP contribution in [0.15, 0.2) is 0 Å². The van der Waals surface area contributed by atoms with Crippen LogP contribution < -0.4 is 5.32 Å². The van der Waals surface area contributed by atoms with Gasteiger partial charge < -0.3 is 0 Å². The van der Waals surface area contributed by atoms with Gasteiger partial charge in [-0.05, 0) is 13.3 Å². The van der Waals surface area contributed by atoms with Crippen LogP contribution in [0.5, 0.6) is 0 Å². The third-order valence-corrected chi connectivity index (χ3v) is 3.07. The number of hydrogen-bond donors (Lipinski definition) is 1. The van der Waals surface area contributed by atoms with Crippen LogP contribution >= 0.6 is 0 Å². The zero-order valence-corrected chi connectivity index (χ0v) is 10.3. The number of rotatable bonds is 6. The smallest absolute Gasteiger partial charge is 0.240 e. The molecule has 1 aliphatic heterocycles. The van der Waals surface area contributed by atoms with Gasteiger partial charge in [-0.2, -0.15) is 0 Å². The highest BCUT2D eigenvalue weighted by molar-refractivity contribution is 5.99. The van der Waals surface area contributed by atoms with Crippen LogP contribution in [0.25, 0.3) is 0 Å². The number of amides is 2. The summed E-state index contributed by atoms with van der Waals surface area (Å²) in [5.74, 6) is -0.340. The van der Waals surface area contributed by atoms with Crippen LogP contribution in [0, 0.1) is 0 Å². The molecule has 2 amide bonds. The molecule has 0 aromatic carbocycles. The minimum absolute atomic E-state index is 0.170. The SMILES string of the molecule is CCCCCCC(C)N1CC(=O)NC(=O)C1. The molecule has 0 radical (unpaired) electrons. The van der Waals surface area contributed by atoms with Crippen molar-refractivity contribution in [2.45, 2.75) is 52.0 Å². The lowest BCUT2D eigenvalue weighted by molar-refractivity contribution is -0.137. The Morgan fingerprint density at radius 1 is 1.19 bits per heavy atom. The first-order chi connectivity index (χ1) is 7.63. The molecule has 16 heavy (non-hydrogen) atoms. The standard InChI is InChI=1S/C12H22N2O2/c1-3-4-5-6-7-10(2)14-8-11(15)13-12(16)9-14/h10H,3-9H2,1-2H3,(H,13,15,16). The summed E-state index contributed by atoms with van der Waals surface area (Å²) < 4.78 is 0. The Labute approximate surface area is 97.4 Å². The van der Waals surface area contributed by atoms with Gasteiger partial charge in [0.1, 0.15) is 0 Å². The van der Waals surface area contributed by atoms with Crippen LogP contribution in [0.3, 0.4) is 0 Å². The van der Waals surface area contributed by atoms with Crippen molar-refractivity contribution in [3.8, 4) is 0 Å². The average Bonchev–Trinajstić information content (AvgIpc) is 2.22. The van der Waals surface area contributed by atoms with Crippen LogP contribution in [0.2, 0.25) is 0 Å². The molecule has 1 heterocycles. The molecule has 0 saturated carbocycles. The Bertz CT molecular complexity index is 237. The summed E-state index contributed by atoms with van der Waals surface area (Å²) in [6.45, 7) is 5.01. The van der Waals surface area contributed by atoms with E-state index in [2.05, 4.69) is 19.2 Å². The van der Waals surface area contributed by atoms with Crippen molar-refractivity contribution in [2.75, 3.05) is 13.1 Å². The third kappa shape index (κ3) is 4.31. The van der Waals surface area contributed by atoms with Gasteiger partial charge >= 0.3 is 0 Å². The summed E-state index contributed by atoms with van der Waals surface area (Å²) in [6, 6.07) is 0.326. The highest BCUT2D eigenvalue weighted by Gasteiger charge is 2.25. The maximum absolute atomic E-state index is 11.2. The number of nitrogens with zero attached hydrogens (tertiary/aromatic N) is 1.